The molecule has 0 aliphatic rings. The van der Waals surface area contributed by atoms with Crippen LogP contribution in [0.2, 0.25) is 0 Å². The van der Waals surface area contributed by atoms with E-state index in [4.69, 9.17) is 0 Å². The molecule has 0 unspecified atom stereocenters. The van der Waals surface area contributed by atoms with Crippen LogP contribution in [0.4, 0.5) is 0 Å². The van der Waals surface area contributed by atoms with Crippen molar-refractivity contribution in [2.75, 3.05) is 5.75 Å². The van der Waals surface area contributed by atoms with Gasteiger partial charge in [0.15, 0.2) is 12.0 Å². The van der Waals surface area contributed by atoms with Gasteiger partial charge in [-0.2, -0.15) is 4.73 Å². The van der Waals surface area contributed by atoms with E-state index >= 15 is 0 Å². The molecule has 2 aromatic heterocycles. The summed E-state index contributed by atoms with van der Waals surface area (Å²) < 4.78 is 2.96. The van der Waals surface area contributed by atoms with Crippen LogP contribution in [0.1, 0.15) is 35.1 Å². The quantitative estimate of drug-likeness (QED) is 0.356. The SMILES string of the molecule is CCCn1c(C)cc(C(=O)CSc2cccc[n+]2[O-])c1C. The third kappa shape index (κ3) is 3.47. The number of thioether (sulfide) groups is 1. The van der Waals surface area contributed by atoms with E-state index in [1.165, 1.54) is 18.0 Å². The lowest BCUT2D eigenvalue weighted by molar-refractivity contribution is -0.645. The maximum absolute atomic E-state index is 12.4. The fraction of sp³-hybridized carbons (Fsp3) is 0.375. The Morgan fingerprint density at radius 2 is 2.14 bits per heavy atom. The summed E-state index contributed by atoms with van der Waals surface area (Å²) in [6.07, 6.45) is 2.48. The van der Waals surface area contributed by atoms with Gasteiger partial charge in [-0.15, -0.1) is 0 Å². The van der Waals surface area contributed by atoms with Crippen molar-refractivity contribution in [2.24, 2.45) is 0 Å². The van der Waals surface area contributed by atoms with E-state index in [0.717, 1.165) is 34.6 Å². The van der Waals surface area contributed by atoms with Gasteiger partial charge < -0.3 is 9.77 Å². The van der Waals surface area contributed by atoms with Crippen LogP contribution in [0.3, 0.4) is 0 Å². The van der Waals surface area contributed by atoms with E-state index in [0.29, 0.717) is 5.03 Å². The number of hydrogen-bond acceptors (Lipinski definition) is 3. The van der Waals surface area contributed by atoms with E-state index in [1.54, 1.807) is 18.2 Å². The Labute approximate surface area is 129 Å². The summed E-state index contributed by atoms with van der Waals surface area (Å²) in [4.78, 5) is 12.4. The summed E-state index contributed by atoms with van der Waals surface area (Å²) in [6, 6.07) is 7.15. The lowest BCUT2D eigenvalue weighted by Crippen LogP contribution is -2.28. The van der Waals surface area contributed by atoms with Crippen molar-refractivity contribution in [3.63, 3.8) is 0 Å². The lowest BCUT2D eigenvalue weighted by Gasteiger charge is -2.07. The van der Waals surface area contributed by atoms with E-state index < -0.39 is 0 Å². The maximum Gasteiger partial charge on any atom is 0.251 e. The highest BCUT2D eigenvalue weighted by atomic mass is 32.2. The number of rotatable bonds is 6. The molecule has 0 bridgehead atoms. The molecule has 0 saturated heterocycles. The van der Waals surface area contributed by atoms with E-state index in [1.807, 2.05) is 19.9 Å². The predicted molar refractivity (Wildman–Crippen MR) is 84.7 cm³/mol. The van der Waals surface area contributed by atoms with Gasteiger partial charge in [0, 0.05) is 35.6 Å². The second-order valence-electron chi connectivity index (χ2n) is 5.01. The first-order chi connectivity index (χ1) is 10.0. The van der Waals surface area contributed by atoms with Crippen molar-refractivity contribution in [3.8, 4) is 0 Å². The van der Waals surface area contributed by atoms with E-state index in [2.05, 4.69) is 11.5 Å². The molecule has 0 spiro atoms. The minimum atomic E-state index is 0.0688. The minimum Gasteiger partial charge on any atom is -0.618 e. The van der Waals surface area contributed by atoms with Gasteiger partial charge in [-0.05, 0) is 44.2 Å². The second-order valence-corrected chi connectivity index (χ2v) is 6.01. The molecule has 0 aliphatic heterocycles. The molecule has 0 radical (unpaired) electrons. The Hall–Kier alpha value is -1.75. The molecule has 0 atom stereocenters. The van der Waals surface area contributed by atoms with Crippen molar-refractivity contribution in [1.82, 2.24) is 4.57 Å². The first-order valence-electron chi connectivity index (χ1n) is 7.05. The third-order valence-electron chi connectivity index (χ3n) is 3.46. The zero-order valence-electron chi connectivity index (χ0n) is 12.6. The van der Waals surface area contributed by atoms with Gasteiger partial charge in [0.25, 0.3) is 5.03 Å². The summed E-state index contributed by atoms with van der Waals surface area (Å²) in [5.74, 6) is 0.349. The summed E-state index contributed by atoms with van der Waals surface area (Å²) >= 11 is 1.28. The number of Topliss-reactive ketones (excluding diaryl/α,β-unsaturated/α-hetero) is 1. The van der Waals surface area contributed by atoms with Crippen molar-refractivity contribution in [3.05, 3.63) is 52.6 Å². The lowest BCUT2D eigenvalue weighted by atomic mass is 10.2. The summed E-state index contributed by atoms with van der Waals surface area (Å²) in [6.45, 7) is 7.06. The third-order valence-corrected chi connectivity index (χ3v) is 4.48. The second kappa shape index (κ2) is 6.80. The fourth-order valence-electron chi connectivity index (χ4n) is 2.39. The van der Waals surface area contributed by atoms with Crippen LogP contribution in [0.5, 0.6) is 0 Å². The molecular weight excluding hydrogens is 284 g/mol. The van der Waals surface area contributed by atoms with Gasteiger partial charge in [0.1, 0.15) is 0 Å². The zero-order valence-corrected chi connectivity index (χ0v) is 13.4. The standard InChI is InChI=1S/C16H20N2O2S/c1-4-8-17-12(2)10-14(13(17)3)15(19)11-21-16-7-5-6-9-18(16)20/h5-7,9-10H,4,8,11H2,1-3H3. The largest absolute Gasteiger partial charge is 0.618 e. The van der Waals surface area contributed by atoms with Gasteiger partial charge >= 0.3 is 0 Å². The molecule has 0 N–H and O–H groups in total. The molecule has 4 nitrogen and oxygen atoms in total. The normalized spacial score (nSPS) is 10.8. The monoisotopic (exact) mass is 304 g/mol. The first-order valence-corrected chi connectivity index (χ1v) is 8.04. The number of hydrogen-bond donors (Lipinski definition) is 0. The molecule has 0 aliphatic carbocycles. The van der Waals surface area contributed by atoms with Gasteiger partial charge in [-0.25, -0.2) is 0 Å². The molecule has 0 saturated carbocycles. The Bertz CT molecular complexity index is 650. The van der Waals surface area contributed by atoms with Gasteiger partial charge in [0.2, 0.25) is 0 Å². The number of carbonyl (C=O) groups is 1. The molecule has 2 aromatic rings. The Morgan fingerprint density at radius 1 is 1.38 bits per heavy atom. The summed E-state index contributed by atoms with van der Waals surface area (Å²) in [7, 11) is 0. The van der Waals surface area contributed by atoms with Gasteiger partial charge in [-0.3, -0.25) is 4.79 Å². The van der Waals surface area contributed by atoms with Crippen LogP contribution in [0.15, 0.2) is 35.5 Å². The van der Waals surface area contributed by atoms with Crippen molar-refractivity contribution in [1.29, 1.82) is 0 Å². The average Bonchev–Trinajstić information content (AvgIpc) is 2.75. The van der Waals surface area contributed by atoms with Crippen LogP contribution >= 0.6 is 11.8 Å². The first kappa shape index (κ1) is 15.6. The summed E-state index contributed by atoms with van der Waals surface area (Å²) in [5.41, 5.74) is 2.89. The zero-order chi connectivity index (χ0) is 15.4. The number of nitrogens with zero attached hydrogens (tertiary/aromatic N) is 2. The van der Waals surface area contributed by atoms with Crippen LogP contribution in [-0.4, -0.2) is 16.1 Å². The predicted octanol–water partition coefficient (Wildman–Crippen LogP) is 3.12. The molecule has 21 heavy (non-hydrogen) atoms. The Morgan fingerprint density at radius 3 is 2.81 bits per heavy atom. The van der Waals surface area contributed by atoms with Crippen molar-refractivity contribution in [2.45, 2.75) is 38.8 Å². The van der Waals surface area contributed by atoms with Crippen LogP contribution in [0.25, 0.3) is 0 Å². The maximum atomic E-state index is 12.4. The highest BCUT2D eigenvalue weighted by molar-refractivity contribution is 7.99. The Kier molecular flexibility index (Phi) is 5.07. The van der Waals surface area contributed by atoms with Crippen LogP contribution in [-0.2, 0) is 6.54 Å². The molecule has 0 fully saturated rings. The number of pyridine rings is 1. The Balaban J connectivity index is 2.11. The van der Waals surface area contributed by atoms with Crippen molar-refractivity contribution < 1.29 is 9.52 Å². The molecule has 2 rings (SSSR count). The summed E-state index contributed by atoms with van der Waals surface area (Å²) in [5, 5.41) is 12.1. The molecular formula is C16H20N2O2S. The number of aryl methyl sites for hydroxylation is 1. The molecule has 0 amide bonds. The molecule has 5 heteroatoms. The molecule has 2 heterocycles. The number of carbonyl (C=O) groups excluding carboxylic acids is 1. The van der Waals surface area contributed by atoms with Crippen LogP contribution < -0.4 is 4.73 Å². The van der Waals surface area contributed by atoms with Gasteiger partial charge in [0.05, 0.1) is 5.75 Å². The van der Waals surface area contributed by atoms with Gasteiger partial charge in [-0.1, -0.05) is 6.92 Å². The average molecular weight is 304 g/mol. The highest BCUT2D eigenvalue weighted by Gasteiger charge is 2.17. The molecule has 0 aromatic carbocycles. The van der Waals surface area contributed by atoms with Crippen LogP contribution in [0, 0.1) is 19.1 Å². The number of ketones is 1. The minimum absolute atomic E-state index is 0.0688. The highest BCUT2D eigenvalue weighted by Crippen LogP contribution is 2.20. The smallest absolute Gasteiger partial charge is 0.251 e. The van der Waals surface area contributed by atoms with E-state index in [-0.39, 0.29) is 11.5 Å². The topological polar surface area (TPSA) is 48.9 Å². The molecule has 112 valence electrons. The van der Waals surface area contributed by atoms with E-state index in [9.17, 15) is 10.0 Å². The fourth-order valence-corrected chi connectivity index (χ4v) is 3.19. The van der Waals surface area contributed by atoms with Crippen molar-refractivity contribution >= 4 is 17.5 Å². The number of aromatic nitrogens is 2.